The van der Waals surface area contributed by atoms with Crippen LogP contribution in [-0.2, 0) is 61.3 Å². The average Bonchev–Trinajstić information content (AvgIpc) is 3.90. The number of carbonyl (C=O) groups is 7. The number of ether oxygens (including phenoxy) is 3. The molecule has 2 saturated carbocycles. The topological polar surface area (TPSA) is 227 Å². The Balaban J connectivity index is 1.12. The van der Waals surface area contributed by atoms with Crippen molar-refractivity contribution in [3.63, 3.8) is 0 Å². The molecule has 7 rings (SSSR count). The molecule has 0 aromatic heterocycles. The van der Waals surface area contributed by atoms with Gasteiger partial charge in [-0.1, -0.05) is 18.2 Å². The van der Waals surface area contributed by atoms with E-state index in [9.17, 15) is 46.4 Å². The Morgan fingerprint density at radius 2 is 1.83 bits per heavy atom. The Kier molecular flexibility index (Phi) is 10.7. The fourth-order valence-corrected chi connectivity index (χ4v) is 9.43. The van der Waals surface area contributed by atoms with Gasteiger partial charge in [-0.25, -0.2) is 27.2 Å². The number of hydrogen-bond acceptors (Lipinski definition) is 12. The number of nitrogens with one attached hydrogen (secondary N) is 3. The van der Waals surface area contributed by atoms with Crippen LogP contribution in [-0.4, -0.2) is 125 Å². The molecule has 4 aliphatic heterocycles. The maximum atomic E-state index is 14.6. The normalized spacial score (nSPS) is 27.6. The van der Waals surface area contributed by atoms with Crippen LogP contribution in [0.1, 0.15) is 76.8 Å². The molecule has 7 atom stereocenters. The molecule has 2 bridgehead atoms. The van der Waals surface area contributed by atoms with Crippen LogP contribution >= 0.6 is 0 Å². The number of alkyl carbamates (subject to hydrolysis) is 1. The standard InChI is InChI=1S/C38H47FN6O12S/c1-5-21-15-38(21,34(50)42-58(53,54)24-9-10-24)41-31(47)28-13-23(56-36(52)43-16-20-7-6-8-26(39)25(20)19-43)18-45(28)32(48)27(40-35(51)57-37(2,3)4)11-12-30(46)44-17-22-14-29(44)33(49)55-22/h5-8,21-24,27-29H,1,9-19H2,2-4H3,(H,40,51)(H,41,47)(H,42,50)/t21-,22-,23?,27+,28+,29-,38-/m1/s1. The summed E-state index contributed by atoms with van der Waals surface area (Å²) < 4.78 is 58.4. The molecule has 0 radical (unpaired) electrons. The molecule has 1 aromatic rings. The van der Waals surface area contributed by atoms with Crippen LogP contribution in [0.5, 0.6) is 0 Å². The Bertz CT molecular complexity index is 2060. The summed E-state index contributed by atoms with van der Waals surface area (Å²) in [6.45, 7) is 8.35. The highest BCUT2D eigenvalue weighted by Crippen LogP contribution is 2.45. The minimum absolute atomic E-state index is 0.0241. The summed E-state index contributed by atoms with van der Waals surface area (Å²) in [5.74, 6) is -4.79. The van der Waals surface area contributed by atoms with E-state index in [1.165, 1.54) is 28.0 Å². The van der Waals surface area contributed by atoms with Gasteiger partial charge in [-0.15, -0.1) is 6.58 Å². The van der Waals surface area contributed by atoms with Gasteiger partial charge in [0.25, 0.3) is 5.91 Å². The molecule has 3 saturated heterocycles. The second kappa shape index (κ2) is 15.2. The van der Waals surface area contributed by atoms with E-state index < -0.39 is 110 Å². The number of esters is 1. The summed E-state index contributed by atoms with van der Waals surface area (Å²) in [6.07, 6.45) is -1.65. The summed E-state index contributed by atoms with van der Waals surface area (Å²) in [7, 11) is -4.00. The summed E-state index contributed by atoms with van der Waals surface area (Å²) in [5, 5.41) is 4.44. The molecular formula is C38H47FN6O12S. The van der Waals surface area contributed by atoms with Gasteiger partial charge in [0.1, 0.15) is 47.3 Å². The van der Waals surface area contributed by atoms with Crippen molar-refractivity contribution in [2.24, 2.45) is 5.92 Å². The first kappa shape index (κ1) is 40.9. The smallest absolute Gasteiger partial charge is 0.410 e. The van der Waals surface area contributed by atoms with E-state index >= 15 is 0 Å². The van der Waals surface area contributed by atoms with Gasteiger partial charge in [-0.05, 0) is 58.1 Å². The van der Waals surface area contributed by atoms with Gasteiger partial charge in [0.15, 0.2) is 0 Å². The number of morpholine rings is 1. The van der Waals surface area contributed by atoms with Crippen LogP contribution in [0, 0.1) is 11.7 Å². The highest BCUT2D eigenvalue weighted by Gasteiger charge is 2.62. The van der Waals surface area contributed by atoms with E-state index in [1.54, 1.807) is 26.8 Å². The number of likely N-dealkylation sites (tertiary alicyclic amines) is 2. The first-order chi connectivity index (χ1) is 27.3. The minimum Gasteiger partial charge on any atom is -0.459 e. The van der Waals surface area contributed by atoms with Gasteiger partial charge >= 0.3 is 18.2 Å². The average molecular weight is 831 g/mol. The minimum atomic E-state index is -4.00. The Hall–Kier alpha value is -5.27. The number of fused-ring (bicyclic) bond motifs is 3. The lowest BCUT2D eigenvalue weighted by atomic mass is 10.1. The molecule has 314 valence electrons. The molecule has 20 heteroatoms. The molecule has 0 spiro atoms. The van der Waals surface area contributed by atoms with Gasteiger partial charge in [0, 0.05) is 37.3 Å². The molecule has 3 N–H and O–H groups in total. The predicted octanol–water partition coefficient (Wildman–Crippen LogP) is 1.12. The fourth-order valence-electron chi connectivity index (χ4n) is 8.06. The summed E-state index contributed by atoms with van der Waals surface area (Å²) in [4.78, 5) is 98.1. The first-order valence-corrected chi connectivity index (χ1v) is 20.9. The number of halogens is 1. The number of amides is 6. The van der Waals surface area contributed by atoms with Crippen molar-refractivity contribution in [2.45, 2.75) is 126 Å². The lowest BCUT2D eigenvalue weighted by Gasteiger charge is -2.31. The zero-order valence-corrected chi connectivity index (χ0v) is 33.2. The van der Waals surface area contributed by atoms with Crippen molar-refractivity contribution in [1.82, 2.24) is 30.1 Å². The van der Waals surface area contributed by atoms with Crippen LogP contribution < -0.4 is 15.4 Å². The lowest BCUT2D eigenvalue weighted by Crippen LogP contribution is -2.58. The Morgan fingerprint density at radius 3 is 2.45 bits per heavy atom. The number of hydrogen-bond donors (Lipinski definition) is 3. The van der Waals surface area contributed by atoms with Gasteiger partial charge in [0.05, 0.1) is 24.9 Å². The molecule has 2 aliphatic carbocycles. The third-order valence-corrected chi connectivity index (χ3v) is 13.1. The highest BCUT2D eigenvalue weighted by molar-refractivity contribution is 7.91. The summed E-state index contributed by atoms with van der Waals surface area (Å²) in [6, 6.07) is 0.849. The van der Waals surface area contributed by atoms with E-state index in [4.69, 9.17) is 14.2 Å². The number of benzene rings is 1. The molecule has 6 aliphatic rings. The largest absolute Gasteiger partial charge is 0.459 e. The second-order valence-electron chi connectivity index (χ2n) is 16.8. The number of sulfonamides is 1. The monoisotopic (exact) mass is 830 g/mol. The lowest BCUT2D eigenvalue weighted by molar-refractivity contribution is -0.157. The molecule has 1 aromatic carbocycles. The SMILES string of the molecule is C=C[C@@H]1C[C@]1(NC(=O)[C@@H]1CC(OC(=O)N2Cc3cccc(F)c3C2)CN1C(=O)[C@H](CCC(=O)N1C[C@H]2C[C@@H]1C(=O)O2)NC(=O)OC(C)(C)C)C(=O)NS(=O)(=O)C1CC1. The van der Waals surface area contributed by atoms with Crippen LogP contribution in [0.15, 0.2) is 30.9 Å². The van der Waals surface area contributed by atoms with E-state index in [0.29, 0.717) is 30.4 Å². The van der Waals surface area contributed by atoms with Crippen molar-refractivity contribution < 1.29 is 60.6 Å². The van der Waals surface area contributed by atoms with Gasteiger partial charge < -0.3 is 34.6 Å². The van der Waals surface area contributed by atoms with Crippen LogP contribution in [0.2, 0.25) is 0 Å². The maximum absolute atomic E-state index is 14.6. The van der Waals surface area contributed by atoms with E-state index in [2.05, 4.69) is 21.9 Å². The number of rotatable bonds is 12. The summed E-state index contributed by atoms with van der Waals surface area (Å²) in [5.41, 5.74) is -1.76. The fraction of sp³-hybridized carbons (Fsp3) is 0.605. The van der Waals surface area contributed by atoms with E-state index in [0.717, 1.165) is 4.90 Å². The molecule has 4 heterocycles. The summed E-state index contributed by atoms with van der Waals surface area (Å²) >= 11 is 0. The molecule has 6 amide bonds. The van der Waals surface area contributed by atoms with E-state index in [1.807, 2.05) is 0 Å². The Morgan fingerprint density at radius 1 is 1.09 bits per heavy atom. The maximum Gasteiger partial charge on any atom is 0.410 e. The van der Waals surface area contributed by atoms with Crippen molar-refractivity contribution in [1.29, 1.82) is 0 Å². The predicted molar refractivity (Wildman–Crippen MR) is 198 cm³/mol. The molecule has 5 fully saturated rings. The van der Waals surface area contributed by atoms with Crippen molar-refractivity contribution in [2.75, 3.05) is 13.1 Å². The number of carbonyl (C=O) groups excluding carboxylic acids is 7. The van der Waals surface area contributed by atoms with Gasteiger partial charge in [-0.3, -0.25) is 28.8 Å². The zero-order chi connectivity index (χ0) is 41.9. The molecule has 1 unspecified atom stereocenters. The van der Waals surface area contributed by atoms with Crippen LogP contribution in [0.4, 0.5) is 14.0 Å². The van der Waals surface area contributed by atoms with Crippen molar-refractivity contribution in [3.05, 3.63) is 47.8 Å². The highest BCUT2D eigenvalue weighted by atomic mass is 32.2. The first-order valence-electron chi connectivity index (χ1n) is 19.3. The third-order valence-electron chi connectivity index (χ3n) is 11.3. The zero-order valence-electron chi connectivity index (χ0n) is 32.4. The van der Waals surface area contributed by atoms with Crippen LogP contribution in [0.25, 0.3) is 0 Å². The molecule has 58 heavy (non-hydrogen) atoms. The van der Waals surface area contributed by atoms with Crippen molar-refractivity contribution >= 4 is 51.8 Å². The van der Waals surface area contributed by atoms with Gasteiger partial charge in [-0.2, -0.15) is 0 Å². The van der Waals surface area contributed by atoms with E-state index in [-0.39, 0.29) is 51.9 Å². The quantitative estimate of drug-likeness (QED) is 0.153. The molecular weight excluding hydrogens is 784 g/mol. The Labute approximate surface area is 334 Å². The number of nitrogens with zero attached hydrogens (tertiary/aromatic N) is 3. The third kappa shape index (κ3) is 8.33. The van der Waals surface area contributed by atoms with Crippen molar-refractivity contribution in [3.8, 4) is 0 Å². The van der Waals surface area contributed by atoms with Crippen LogP contribution in [0.3, 0.4) is 0 Å². The molecule has 18 nitrogen and oxygen atoms in total. The second-order valence-corrected chi connectivity index (χ2v) is 18.7. The van der Waals surface area contributed by atoms with Gasteiger partial charge in [0.2, 0.25) is 27.7 Å².